The van der Waals surface area contributed by atoms with E-state index in [1.165, 1.54) is 18.1 Å². The fourth-order valence-corrected chi connectivity index (χ4v) is 5.65. The van der Waals surface area contributed by atoms with Gasteiger partial charge in [0.2, 0.25) is 0 Å². The van der Waals surface area contributed by atoms with Crippen molar-refractivity contribution in [1.82, 2.24) is 4.90 Å². The molecule has 0 spiro atoms. The second-order valence-corrected chi connectivity index (χ2v) is 10.9. The Kier molecular flexibility index (Phi) is 7.06. The molecule has 1 amide bonds. The SMILES string of the molecule is COc1ccc([C@@H]2CN(C(=O)C(C)(C)OC(C)=O)C[C@@]2(C)[C@@H](C)O)cc1OC1Cc2ccccc2C1. The number of carbonyl (C=O) groups is 2. The molecule has 3 atom stereocenters. The Morgan fingerprint density at radius 2 is 1.75 bits per heavy atom. The van der Waals surface area contributed by atoms with Crippen molar-refractivity contribution >= 4 is 11.9 Å². The molecule has 0 bridgehead atoms. The number of amides is 1. The van der Waals surface area contributed by atoms with E-state index >= 15 is 0 Å². The van der Waals surface area contributed by atoms with E-state index in [1.807, 2.05) is 25.1 Å². The number of methoxy groups -OCH3 is 1. The summed E-state index contributed by atoms with van der Waals surface area (Å²) in [4.78, 5) is 26.6. The molecule has 7 heteroatoms. The normalized spacial score (nSPS) is 22.8. The van der Waals surface area contributed by atoms with Crippen LogP contribution in [-0.2, 0) is 27.2 Å². The highest BCUT2D eigenvalue weighted by molar-refractivity contribution is 5.87. The third-order valence-corrected chi connectivity index (χ3v) is 7.78. The van der Waals surface area contributed by atoms with Crippen molar-refractivity contribution in [3.8, 4) is 11.5 Å². The van der Waals surface area contributed by atoms with Crippen LogP contribution in [0.5, 0.6) is 11.5 Å². The fraction of sp³-hybridized carbons (Fsp3) is 0.517. The molecule has 0 unspecified atom stereocenters. The Labute approximate surface area is 213 Å². The molecule has 0 saturated carbocycles. The highest BCUT2D eigenvalue weighted by Gasteiger charge is 2.51. The summed E-state index contributed by atoms with van der Waals surface area (Å²) in [5.41, 5.74) is 1.69. The van der Waals surface area contributed by atoms with Crippen LogP contribution < -0.4 is 9.47 Å². The second-order valence-electron chi connectivity index (χ2n) is 10.9. The first kappa shape index (κ1) is 26.0. The number of likely N-dealkylation sites (tertiary alicyclic amines) is 1. The van der Waals surface area contributed by atoms with E-state index in [0.29, 0.717) is 24.6 Å². The summed E-state index contributed by atoms with van der Waals surface area (Å²) in [5.74, 6) is 0.374. The third kappa shape index (κ3) is 4.94. The van der Waals surface area contributed by atoms with Gasteiger partial charge in [0.1, 0.15) is 6.10 Å². The fourth-order valence-electron chi connectivity index (χ4n) is 5.65. The first-order valence-corrected chi connectivity index (χ1v) is 12.5. The van der Waals surface area contributed by atoms with E-state index in [-0.39, 0.29) is 17.9 Å². The number of aliphatic hydroxyl groups is 1. The zero-order chi connectivity index (χ0) is 26.3. The summed E-state index contributed by atoms with van der Waals surface area (Å²) in [6, 6.07) is 14.2. The van der Waals surface area contributed by atoms with Crippen LogP contribution in [-0.4, -0.2) is 59.9 Å². The summed E-state index contributed by atoms with van der Waals surface area (Å²) in [5, 5.41) is 10.8. The Morgan fingerprint density at radius 1 is 1.11 bits per heavy atom. The van der Waals surface area contributed by atoms with Crippen molar-refractivity contribution in [2.75, 3.05) is 20.2 Å². The smallest absolute Gasteiger partial charge is 0.303 e. The van der Waals surface area contributed by atoms with E-state index in [1.54, 1.807) is 32.8 Å². The van der Waals surface area contributed by atoms with E-state index in [0.717, 1.165) is 18.4 Å². The Bertz CT molecular complexity index is 1120. The number of nitrogens with zero attached hydrogens (tertiary/aromatic N) is 1. The van der Waals surface area contributed by atoms with E-state index in [9.17, 15) is 14.7 Å². The average Bonchev–Trinajstić information content (AvgIpc) is 3.38. The van der Waals surface area contributed by atoms with Gasteiger partial charge >= 0.3 is 5.97 Å². The van der Waals surface area contributed by atoms with Gasteiger partial charge in [-0.05, 0) is 49.6 Å². The average molecular weight is 496 g/mol. The molecule has 1 aliphatic heterocycles. The van der Waals surface area contributed by atoms with Gasteiger partial charge in [-0.15, -0.1) is 0 Å². The number of hydrogen-bond donors (Lipinski definition) is 1. The van der Waals surface area contributed by atoms with Gasteiger partial charge in [0.05, 0.1) is 13.2 Å². The van der Waals surface area contributed by atoms with Crippen molar-refractivity contribution < 1.29 is 28.9 Å². The molecule has 4 rings (SSSR count). The molecule has 7 nitrogen and oxygen atoms in total. The van der Waals surface area contributed by atoms with Gasteiger partial charge in [0.15, 0.2) is 17.1 Å². The van der Waals surface area contributed by atoms with E-state index in [2.05, 4.69) is 24.3 Å². The number of carbonyl (C=O) groups excluding carboxylic acids is 2. The third-order valence-electron chi connectivity index (χ3n) is 7.78. The number of benzene rings is 2. The molecule has 1 saturated heterocycles. The Hall–Kier alpha value is -3.06. The molecule has 1 N–H and O–H groups in total. The molecule has 194 valence electrons. The minimum atomic E-state index is -1.29. The minimum Gasteiger partial charge on any atom is -0.493 e. The molecule has 1 fully saturated rings. The van der Waals surface area contributed by atoms with Gasteiger partial charge in [-0.25, -0.2) is 0 Å². The predicted molar refractivity (Wildman–Crippen MR) is 136 cm³/mol. The van der Waals surface area contributed by atoms with Crippen LogP contribution in [0.2, 0.25) is 0 Å². The molecular formula is C29H37NO6. The predicted octanol–water partition coefficient (Wildman–Crippen LogP) is 3.90. The van der Waals surface area contributed by atoms with Crippen LogP contribution >= 0.6 is 0 Å². The lowest BCUT2D eigenvalue weighted by Crippen LogP contribution is -2.48. The minimum absolute atomic E-state index is 0.0147. The number of esters is 1. The number of ether oxygens (including phenoxy) is 3. The maximum atomic E-state index is 13.3. The number of aliphatic hydroxyl groups excluding tert-OH is 1. The van der Waals surface area contributed by atoms with Crippen LogP contribution in [0.15, 0.2) is 42.5 Å². The molecule has 1 aliphatic carbocycles. The molecule has 0 aromatic heterocycles. The highest BCUT2D eigenvalue weighted by atomic mass is 16.6. The Morgan fingerprint density at radius 3 is 2.31 bits per heavy atom. The number of hydrogen-bond acceptors (Lipinski definition) is 6. The van der Waals surface area contributed by atoms with Crippen molar-refractivity contribution in [2.45, 2.75) is 71.2 Å². The lowest BCUT2D eigenvalue weighted by molar-refractivity contribution is -0.168. The summed E-state index contributed by atoms with van der Waals surface area (Å²) < 4.78 is 17.4. The van der Waals surface area contributed by atoms with Crippen molar-refractivity contribution in [2.24, 2.45) is 5.41 Å². The standard InChI is InChI=1S/C29H37NO6/c1-18(31)29(5)17-30(27(33)28(3,4)36-19(2)32)16-24(29)22-11-12-25(34-6)26(15-22)35-23-13-20-9-7-8-10-21(20)14-23/h7-12,15,18,23-24,31H,13-14,16-17H2,1-6H3/t18-,24+,29+/m1/s1. The van der Waals surface area contributed by atoms with Gasteiger partial charge in [0, 0.05) is 44.2 Å². The number of fused-ring (bicyclic) bond motifs is 1. The van der Waals surface area contributed by atoms with Gasteiger partial charge in [-0.2, -0.15) is 0 Å². The first-order valence-electron chi connectivity index (χ1n) is 12.5. The highest BCUT2D eigenvalue weighted by Crippen LogP contribution is 2.47. The van der Waals surface area contributed by atoms with E-state index in [4.69, 9.17) is 14.2 Å². The molecule has 36 heavy (non-hydrogen) atoms. The van der Waals surface area contributed by atoms with Crippen LogP contribution in [0, 0.1) is 5.41 Å². The van der Waals surface area contributed by atoms with Crippen LogP contribution in [0.1, 0.15) is 57.2 Å². The van der Waals surface area contributed by atoms with Gasteiger partial charge in [-0.3, -0.25) is 9.59 Å². The zero-order valence-electron chi connectivity index (χ0n) is 22.0. The summed E-state index contributed by atoms with van der Waals surface area (Å²) in [6.07, 6.45) is 1.02. The van der Waals surface area contributed by atoms with Crippen molar-refractivity contribution in [3.63, 3.8) is 0 Å². The molecule has 0 radical (unpaired) electrons. The maximum absolute atomic E-state index is 13.3. The van der Waals surface area contributed by atoms with Crippen LogP contribution in [0.3, 0.4) is 0 Å². The van der Waals surface area contributed by atoms with Gasteiger partial charge < -0.3 is 24.2 Å². The quantitative estimate of drug-likeness (QED) is 0.587. The van der Waals surface area contributed by atoms with Crippen LogP contribution in [0.4, 0.5) is 0 Å². The maximum Gasteiger partial charge on any atom is 0.303 e. The molecule has 2 aromatic carbocycles. The summed E-state index contributed by atoms with van der Waals surface area (Å²) >= 11 is 0. The number of rotatable bonds is 7. The second kappa shape index (κ2) is 9.77. The zero-order valence-corrected chi connectivity index (χ0v) is 22.0. The molecule has 2 aliphatic rings. The monoisotopic (exact) mass is 495 g/mol. The lowest BCUT2D eigenvalue weighted by Gasteiger charge is -2.34. The van der Waals surface area contributed by atoms with Crippen molar-refractivity contribution in [1.29, 1.82) is 0 Å². The van der Waals surface area contributed by atoms with E-state index < -0.39 is 23.1 Å². The lowest BCUT2D eigenvalue weighted by atomic mass is 9.72. The summed E-state index contributed by atoms with van der Waals surface area (Å²) in [7, 11) is 1.62. The largest absolute Gasteiger partial charge is 0.493 e. The summed E-state index contributed by atoms with van der Waals surface area (Å²) in [6.45, 7) is 8.99. The topological polar surface area (TPSA) is 85.3 Å². The molecular weight excluding hydrogens is 458 g/mol. The van der Waals surface area contributed by atoms with Gasteiger partial charge in [0.25, 0.3) is 5.91 Å². The van der Waals surface area contributed by atoms with Gasteiger partial charge in [-0.1, -0.05) is 37.3 Å². The first-order chi connectivity index (χ1) is 16.9. The van der Waals surface area contributed by atoms with Crippen LogP contribution in [0.25, 0.3) is 0 Å². The Balaban J connectivity index is 1.61. The molecule has 2 aromatic rings. The van der Waals surface area contributed by atoms with Crippen molar-refractivity contribution in [3.05, 3.63) is 59.2 Å². The molecule has 1 heterocycles.